The Hall–Kier alpha value is -2.78. The maximum Gasteiger partial charge on any atom is 0.431 e. The van der Waals surface area contributed by atoms with Gasteiger partial charge < -0.3 is 9.13 Å². The molecule has 0 spiro atoms. The van der Waals surface area contributed by atoms with Gasteiger partial charge in [-0.3, -0.25) is 10.0 Å². The fraction of sp³-hybridized carbons (Fsp3) is 0.450. The molecule has 0 bridgehead atoms. The number of pyridine rings is 2. The topological polar surface area (TPSA) is 127 Å². The summed E-state index contributed by atoms with van der Waals surface area (Å²) in [5.41, 5.74) is -2.87. The maximum absolute atomic E-state index is 13.5. The number of alkyl halides is 3. The molecule has 15 heteroatoms. The fourth-order valence-electron chi connectivity index (χ4n) is 3.69. The molecule has 190 valence electrons. The minimum atomic E-state index is -4.81. The number of sulfone groups is 1. The highest BCUT2D eigenvalue weighted by molar-refractivity contribution is 7.91. The number of aromatic nitrogens is 4. The SMILES string of the molecule is CCn1c(C(F)(F)F)cc2nc(-c3ncc(N(O)S(=O)C4CC4)cc3S(=O)(=O)CC)n(C)c2c1=O. The van der Waals surface area contributed by atoms with Gasteiger partial charge in [-0.25, -0.2) is 22.6 Å². The maximum atomic E-state index is 13.5. The van der Waals surface area contributed by atoms with Gasteiger partial charge in [0.1, 0.15) is 27.9 Å². The van der Waals surface area contributed by atoms with Crippen LogP contribution in [0.5, 0.6) is 0 Å². The molecular formula is C20H22F3N5O5S2. The molecule has 1 aliphatic carbocycles. The van der Waals surface area contributed by atoms with Crippen molar-refractivity contribution in [2.45, 2.75) is 49.6 Å². The van der Waals surface area contributed by atoms with E-state index in [0.717, 1.165) is 18.3 Å². The quantitative estimate of drug-likeness (QED) is 0.463. The van der Waals surface area contributed by atoms with Crippen molar-refractivity contribution in [1.29, 1.82) is 0 Å². The second-order valence-corrected chi connectivity index (χ2v) is 11.8. The van der Waals surface area contributed by atoms with E-state index < -0.39 is 38.3 Å². The predicted molar refractivity (Wildman–Crippen MR) is 122 cm³/mol. The molecule has 1 atom stereocenters. The first-order valence-corrected chi connectivity index (χ1v) is 13.4. The third-order valence-corrected chi connectivity index (χ3v) is 9.04. The average Bonchev–Trinajstić information content (AvgIpc) is 3.60. The van der Waals surface area contributed by atoms with Crippen molar-refractivity contribution in [3.8, 4) is 11.5 Å². The van der Waals surface area contributed by atoms with Crippen LogP contribution in [0.3, 0.4) is 0 Å². The Kier molecular flexibility index (Phi) is 6.30. The Morgan fingerprint density at radius 2 is 1.91 bits per heavy atom. The summed E-state index contributed by atoms with van der Waals surface area (Å²) in [7, 11) is -4.41. The number of imidazole rings is 1. The van der Waals surface area contributed by atoms with Crippen LogP contribution < -0.4 is 10.0 Å². The van der Waals surface area contributed by atoms with E-state index in [2.05, 4.69) is 9.97 Å². The molecular weight excluding hydrogens is 511 g/mol. The number of fused-ring (bicyclic) bond motifs is 1. The van der Waals surface area contributed by atoms with Crippen molar-refractivity contribution in [1.82, 2.24) is 19.1 Å². The second-order valence-electron chi connectivity index (χ2n) is 8.00. The zero-order chi connectivity index (χ0) is 25.9. The van der Waals surface area contributed by atoms with Crippen molar-refractivity contribution in [3.05, 3.63) is 34.4 Å². The first-order valence-electron chi connectivity index (χ1n) is 10.6. The molecule has 0 radical (unpaired) electrons. The van der Waals surface area contributed by atoms with E-state index in [1.165, 1.54) is 25.5 Å². The summed E-state index contributed by atoms with van der Waals surface area (Å²) < 4.78 is 81.0. The highest BCUT2D eigenvalue weighted by atomic mass is 32.2. The van der Waals surface area contributed by atoms with E-state index >= 15 is 0 Å². The van der Waals surface area contributed by atoms with Gasteiger partial charge in [0, 0.05) is 13.6 Å². The Balaban J connectivity index is 1.97. The van der Waals surface area contributed by atoms with Crippen LogP contribution in [0, 0.1) is 0 Å². The summed E-state index contributed by atoms with van der Waals surface area (Å²) in [5, 5.41) is 10.1. The number of hydrogen-bond donors (Lipinski definition) is 1. The van der Waals surface area contributed by atoms with Gasteiger partial charge in [-0.05, 0) is 31.9 Å². The van der Waals surface area contributed by atoms with Crippen LogP contribution in [-0.4, -0.2) is 47.9 Å². The molecule has 10 nitrogen and oxygen atoms in total. The number of aryl methyl sites for hydroxylation is 1. The van der Waals surface area contributed by atoms with Gasteiger partial charge in [0.2, 0.25) is 0 Å². The molecule has 1 aliphatic rings. The van der Waals surface area contributed by atoms with Gasteiger partial charge in [-0.1, -0.05) is 6.92 Å². The van der Waals surface area contributed by atoms with Gasteiger partial charge in [0.05, 0.1) is 33.3 Å². The van der Waals surface area contributed by atoms with Crippen LogP contribution in [0.1, 0.15) is 32.4 Å². The minimum absolute atomic E-state index is 0.127. The van der Waals surface area contributed by atoms with Crippen LogP contribution in [0.2, 0.25) is 0 Å². The second kappa shape index (κ2) is 8.71. The normalized spacial score (nSPS) is 15.5. The first-order chi connectivity index (χ1) is 16.3. The first kappa shape index (κ1) is 25.3. The highest BCUT2D eigenvalue weighted by Gasteiger charge is 2.36. The van der Waals surface area contributed by atoms with E-state index in [0.29, 0.717) is 21.9 Å². The molecule has 0 aliphatic heterocycles. The fourth-order valence-corrected chi connectivity index (χ4v) is 5.87. The summed E-state index contributed by atoms with van der Waals surface area (Å²) in [4.78, 5) is 20.8. The molecule has 3 heterocycles. The summed E-state index contributed by atoms with van der Waals surface area (Å²) >= 11 is 0. The predicted octanol–water partition coefficient (Wildman–Crippen LogP) is 2.65. The van der Waals surface area contributed by atoms with Crippen LogP contribution in [0.15, 0.2) is 28.0 Å². The van der Waals surface area contributed by atoms with Gasteiger partial charge >= 0.3 is 6.18 Å². The van der Waals surface area contributed by atoms with Gasteiger partial charge in [0.15, 0.2) is 15.7 Å². The van der Waals surface area contributed by atoms with Crippen LogP contribution in [-0.2, 0) is 40.6 Å². The lowest BCUT2D eigenvalue weighted by Crippen LogP contribution is -2.28. The Labute approximate surface area is 200 Å². The lowest BCUT2D eigenvalue weighted by atomic mass is 10.3. The standard InChI is InChI=1S/C20H22F3N5O5S2/c1-4-27-15(20(21,22)23)9-13-17(19(27)29)26(3)18(25-13)16-14(35(32,33)5-2)8-11(10-24-16)28(30)34(31)12-6-7-12/h8-10,12,30H,4-7H2,1-3H3. The third-order valence-electron chi connectivity index (χ3n) is 5.71. The summed E-state index contributed by atoms with van der Waals surface area (Å²) in [6.45, 7) is 2.55. The van der Waals surface area contributed by atoms with Gasteiger partial charge in [-0.2, -0.15) is 17.6 Å². The van der Waals surface area contributed by atoms with E-state index in [-0.39, 0.29) is 50.7 Å². The largest absolute Gasteiger partial charge is 0.431 e. The molecule has 1 unspecified atom stereocenters. The summed E-state index contributed by atoms with van der Waals surface area (Å²) in [5.74, 6) is -0.502. The molecule has 35 heavy (non-hydrogen) atoms. The van der Waals surface area contributed by atoms with Crippen LogP contribution >= 0.6 is 0 Å². The Morgan fingerprint density at radius 3 is 2.46 bits per heavy atom. The van der Waals surface area contributed by atoms with E-state index in [1.54, 1.807) is 0 Å². The average molecular weight is 534 g/mol. The molecule has 1 N–H and O–H groups in total. The van der Waals surface area contributed by atoms with Crippen molar-refractivity contribution in [3.63, 3.8) is 0 Å². The van der Waals surface area contributed by atoms with Crippen molar-refractivity contribution in [2.24, 2.45) is 7.05 Å². The minimum Gasteiger partial charge on any atom is -0.321 e. The zero-order valence-corrected chi connectivity index (χ0v) is 20.5. The molecule has 3 aromatic heterocycles. The molecule has 0 amide bonds. The molecule has 1 saturated carbocycles. The number of anilines is 1. The van der Waals surface area contributed by atoms with E-state index in [9.17, 15) is 35.8 Å². The summed E-state index contributed by atoms with van der Waals surface area (Å²) in [6, 6.07) is 1.83. The van der Waals surface area contributed by atoms with Gasteiger partial charge in [-0.15, -0.1) is 0 Å². The monoisotopic (exact) mass is 533 g/mol. The number of nitrogens with zero attached hydrogens (tertiary/aromatic N) is 5. The lowest BCUT2D eigenvalue weighted by molar-refractivity contribution is -0.144. The summed E-state index contributed by atoms with van der Waals surface area (Å²) in [6.07, 6.45) is -2.40. The molecule has 1 fully saturated rings. The molecule has 0 aromatic carbocycles. The molecule has 4 rings (SSSR count). The molecule has 3 aromatic rings. The number of rotatable bonds is 7. The zero-order valence-electron chi connectivity index (χ0n) is 18.9. The molecule has 0 saturated heterocycles. The Morgan fingerprint density at radius 1 is 1.26 bits per heavy atom. The lowest BCUT2D eigenvalue weighted by Gasteiger charge is -2.17. The third kappa shape index (κ3) is 4.36. The van der Waals surface area contributed by atoms with Gasteiger partial charge in [0.25, 0.3) is 5.56 Å². The van der Waals surface area contributed by atoms with Crippen LogP contribution in [0.25, 0.3) is 22.6 Å². The van der Waals surface area contributed by atoms with Crippen molar-refractivity contribution >= 4 is 37.5 Å². The van der Waals surface area contributed by atoms with E-state index in [4.69, 9.17) is 0 Å². The number of halogens is 3. The van der Waals surface area contributed by atoms with Crippen molar-refractivity contribution in [2.75, 3.05) is 10.2 Å². The number of hydrogen-bond acceptors (Lipinski definition) is 7. The highest BCUT2D eigenvalue weighted by Crippen LogP contribution is 2.35. The Bertz CT molecular complexity index is 1510. The van der Waals surface area contributed by atoms with Crippen LogP contribution in [0.4, 0.5) is 18.9 Å². The van der Waals surface area contributed by atoms with E-state index in [1.807, 2.05) is 0 Å². The van der Waals surface area contributed by atoms with Crippen molar-refractivity contribution < 1.29 is 31.0 Å². The smallest absolute Gasteiger partial charge is 0.321 e.